The number of benzene rings is 1. The van der Waals surface area contributed by atoms with Crippen LogP contribution in [0.25, 0.3) is 44.5 Å². The van der Waals surface area contributed by atoms with Gasteiger partial charge in [0.2, 0.25) is 0 Å². The third-order valence-electron chi connectivity index (χ3n) is 6.73. The fraction of sp³-hybridized carbons (Fsp3) is 0.185. The maximum atomic E-state index is 11.3. The first kappa shape index (κ1) is 22.3. The molecule has 1 aliphatic rings. The van der Waals surface area contributed by atoms with Gasteiger partial charge in [-0.1, -0.05) is 36.4 Å². The third-order valence-corrected chi connectivity index (χ3v) is 7.06. The van der Waals surface area contributed by atoms with Gasteiger partial charge >= 0.3 is 6.09 Å². The Morgan fingerprint density at radius 3 is 2.78 bits per heavy atom. The van der Waals surface area contributed by atoms with Crippen LogP contribution in [0.1, 0.15) is 25.1 Å². The van der Waals surface area contributed by atoms with E-state index in [2.05, 4.69) is 17.7 Å². The van der Waals surface area contributed by atoms with E-state index in [1.807, 2.05) is 64.9 Å². The van der Waals surface area contributed by atoms with E-state index in [1.54, 1.807) is 6.20 Å². The van der Waals surface area contributed by atoms with Gasteiger partial charge < -0.3 is 10.0 Å². The van der Waals surface area contributed by atoms with Crippen molar-refractivity contribution in [2.24, 2.45) is 0 Å². The van der Waals surface area contributed by atoms with Crippen LogP contribution in [-0.2, 0) is 0 Å². The standard InChI is InChI=1S/C27H23ClN6O2/c1-16(2)25-24(20-5-3-4-6-22(20)28)31-26-21-11-17(12-29-23(21)8-10-33(25)26)18-13-30-34(14-18)19-7-9-32(15-19)27(35)36/h3-6,8,10-14,19H,1,7,9,15H2,2H3,(H,35,36). The molecule has 1 aliphatic heterocycles. The summed E-state index contributed by atoms with van der Waals surface area (Å²) in [4.78, 5) is 22.4. The van der Waals surface area contributed by atoms with E-state index >= 15 is 0 Å². The Bertz CT molecular complexity index is 1670. The second-order valence-corrected chi connectivity index (χ2v) is 9.52. The highest BCUT2D eigenvalue weighted by molar-refractivity contribution is 6.33. The third kappa shape index (κ3) is 3.61. The summed E-state index contributed by atoms with van der Waals surface area (Å²) in [6.07, 6.45) is 7.40. The molecular formula is C27H23ClN6O2. The first-order chi connectivity index (χ1) is 17.4. The number of halogens is 1. The van der Waals surface area contributed by atoms with Crippen LogP contribution in [0.4, 0.5) is 4.79 Å². The molecule has 5 aromatic rings. The quantitative estimate of drug-likeness (QED) is 0.327. The van der Waals surface area contributed by atoms with Gasteiger partial charge in [-0.05, 0) is 37.1 Å². The van der Waals surface area contributed by atoms with Gasteiger partial charge in [0.05, 0.1) is 34.2 Å². The summed E-state index contributed by atoms with van der Waals surface area (Å²) >= 11 is 6.53. The predicted molar refractivity (Wildman–Crippen MR) is 140 cm³/mol. The van der Waals surface area contributed by atoms with Crippen molar-refractivity contribution >= 4 is 39.8 Å². The molecule has 1 amide bonds. The summed E-state index contributed by atoms with van der Waals surface area (Å²) in [7, 11) is 0. The molecule has 1 N–H and O–H groups in total. The number of rotatable bonds is 4. The summed E-state index contributed by atoms with van der Waals surface area (Å²) in [5.41, 5.74) is 6.85. The van der Waals surface area contributed by atoms with E-state index in [0.29, 0.717) is 18.1 Å². The number of nitrogens with zero attached hydrogens (tertiary/aromatic N) is 6. The number of hydrogen-bond donors (Lipinski definition) is 1. The summed E-state index contributed by atoms with van der Waals surface area (Å²) < 4.78 is 3.89. The van der Waals surface area contributed by atoms with Crippen molar-refractivity contribution < 1.29 is 9.90 Å². The molecule has 1 saturated heterocycles. The van der Waals surface area contributed by atoms with Gasteiger partial charge in [0, 0.05) is 53.8 Å². The molecule has 0 saturated carbocycles. The van der Waals surface area contributed by atoms with Gasteiger partial charge in [-0.25, -0.2) is 9.78 Å². The van der Waals surface area contributed by atoms with Crippen molar-refractivity contribution in [1.82, 2.24) is 29.0 Å². The highest BCUT2D eigenvalue weighted by Gasteiger charge is 2.27. The molecule has 4 aromatic heterocycles. The number of fused-ring (bicyclic) bond motifs is 3. The number of allylic oxidation sites excluding steroid dienone is 1. The Hall–Kier alpha value is -4.17. The Labute approximate surface area is 212 Å². The maximum Gasteiger partial charge on any atom is 0.407 e. The molecule has 180 valence electrons. The van der Waals surface area contributed by atoms with Crippen LogP contribution in [-0.4, -0.2) is 53.3 Å². The number of imidazole rings is 1. The maximum absolute atomic E-state index is 11.3. The molecular weight excluding hydrogens is 476 g/mol. The second-order valence-electron chi connectivity index (χ2n) is 9.12. The van der Waals surface area contributed by atoms with Gasteiger partial charge in [0.25, 0.3) is 0 Å². The highest BCUT2D eigenvalue weighted by Crippen LogP contribution is 2.36. The first-order valence-electron chi connectivity index (χ1n) is 11.6. The van der Waals surface area contributed by atoms with Gasteiger partial charge in [0.15, 0.2) is 0 Å². The normalized spacial score (nSPS) is 15.7. The van der Waals surface area contributed by atoms with Crippen molar-refractivity contribution in [2.45, 2.75) is 19.4 Å². The zero-order valence-electron chi connectivity index (χ0n) is 19.6. The van der Waals surface area contributed by atoms with E-state index < -0.39 is 6.09 Å². The van der Waals surface area contributed by atoms with E-state index in [1.165, 1.54) is 4.90 Å². The van der Waals surface area contributed by atoms with Gasteiger partial charge in [-0.3, -0.25) is 14.1 Å². The Morgan fingerprint density at radius 1 is 1.19 bits per heavy atom. The van der Waals surface area contributed by atoms with Crippen molar-refractivity contribution in [3.05, 3.63) is 78.5 Å². The van der Waals surface area contributed by atoms with Crippen molar-refractivity contribution in [3.8, 4) is 22.4 Å². The van der Waals surface area contributed by atoms with Crippen molar-refractivity contribution in [3.63, 3.8) is 0 Å². The zero-order chi connectivity index (χ0) is 25.0. The van der Waals surface area contributed by atoms with Crippen LogP contribution in [0.5, 0.6) is 0 Å². The topological polar surface area (TPSA) is 88.5 Å². The van der Waals surface area contributed by atoms with Crippen molar-refractivity contribution in [1.29, 1.82) is 0 Å². The minimum atomic E-state index is -0.891. The lowest BCUT2D eigenvalue weighted by Crippen LogP contribution is -2.27. The van der Waals surface area contributed by atoms with Crippen LogP contribution < -0.4 is 0 Å². The van der Waals surface area contributed by atoms with Gasteiger partial charge in [-0.2, -0.15) is 5.10 Å². The Kier molecular flexibility index (Phi) is 5.26. The lowest BCUT2D eigenvalue weighted by Gasteiger charge is -2.12. The SMILES string of the molecule is C=C(C)c1c(-c2ccccc2Cl)nc2c3cc(-c4cnn(C5CCN(C(=O)O)C5)c4)cnc3ccn12. The number of likely N-dealkylation sites (tertiary alicyclic amines) is 1. The molecule has 0 spiro atoms. The summed E-state index contributed by atoms with van der Waals surface area (Å²) in [5, 5.41) is 15.3. The number of hydrogen-bond acceptors (Lipinski definition) is 4. The molecule has 1 fully saturated rings. The molecule has 0 aliphatic carbocycles. The molecule has 8 nitrogen and oxygen atoms in total. The summed E-state index contributed by atoms with van der Waals surface area (Å²) in [5.74, 6) is 0. The molecule has 1 unspecified atom stereocenters. The smallest absolute Gasteiger partial charge is 0.407 e. The fourth-order valence-corrected chi connectivity index (χ4v) is 5.15. The van der Waals surface area contributed by atoms with Crippen LogP contribution in [0.15, 0.2) is 67.8 Å². The molecule has 5 heterocycles. The first-order valence-corrected chi connectivity index (χ1v) is 12.0. The molecule has 6 rings (SSSR count). The van der Waals surface area contributed by atoms with Crippen LogP contribution >= 0.6 is 11.6 Å². The lowest BCUT2D eigenvalue weighted by molar-refractivity contribution is 0.154. The number of carbonyl (C=O) groups is 1. The van der Waals surface area contributed by atoms with E-state index in [9.17, 15) is 9.90 Å². The lowest BCUT2D eigenvalue weighted by atomic mass is 10.1. The van der Waals surface area contributed by atoms with E-state index in [-0.39, 0.29) is 6.04 Å². The average molecular weight is 499 g/mol. The Morgan fingerprint density at radius 2 is 2.03 bits per heavy atom. The molecule has 9 heteroatoms. The number of amides is 1. The summed E-state index contributed by atoms with van der Waals surface area (Å²) in [6, 6.07) is 11.7. The number of pyridine rings is 2. The average Bonchev–Trinajstić information content (AvgIpc) is 3.62. The monoisotopic (exact) mass is 498 g/mol. The number of carboxylic acid groups (broad SMARTS) is 1. The molecule has 1 atom stereocenters. The minimum absolute atomic E-state index is 0.0265. The Balaban J connectivity index is 1.46. The van der Waals surface area contributed by atoms with Crippen LogP contribution in [0.2, 0.25) is 5.02 Å². The van der Waals surface area contributed by atoms with E-state index in [4.69, 9.17) is 21.6 Å². The largest absolute Gasteiger partial charge is 0.465 e. The van der Waals surface area contributed by atoms with Crippen LogP contribution in [0, 0.1) is 0 Å². The molecule has 36 heavy (non-hydrogen) atoms. The highest BCUT2D eigenvalue weighted by atomic mass is 35.5. The van der Waals surface area contributed by atoms with Gasteiger partial charge in [-0.15, -0.1) is 0 Å². The molecule has 0 radical (unpaired) electrons. The van der Waals surface area contributed by atoms with E-state index in [0.717, 1.165) is 56.6 Å². The minimum Gasteiger partial charge on any atom is -0.465 e. The van der Waals surface area contributed by atoms with Crippen molar-refractivity contribution in [2.75, 3.05) is 13.1 Å². The second kappa shape index (κ2) is 8.49. The van der Waals surface area contributed by atoms with Gasteiger partial charge in [0.1, 0.15) is 5.65 Å². The summed E-state index contributed by atoms with van der Waals surface area (Å²) in [6.45, 7) is 7.12. The number of aromatic nitrogens is 5. The van der Waals surface area contributed by atoms with Crippen LogP contribution in [0.3, 0.4) is 0 Å². The predicted octanol–water partition coefficient (Wildman–Crippen LogP) is 6.02. The molecule has 0 bridgehead atoms. The fourth-order valence-electron chi connectivity index (χ4n) is 4.93. The molecule has 1 aromatic carbocycles. The zero-order valence-corrected chi connectivity index (χ0v) is 20.4.